The van der Waals surface area contributed by atoms with E-state index in [1.165, 1.54) is 45.3 Å². The molecule has 1 heterocycles. The van der Waals surface area contributed by atoms with Gasteiger partial charge in [0.1, 0.15) is 0 Å². The molecule has 1 saturated heterocycles. The topological polar surface area (TPSA) is 32.5 Å². The van der Waals surface area contributed by atoms with Crippen LogP contribution in [-0.4, -0.2) is 55.1 Å². The zero-order chi connectivity index (χ0) is 13.6. The highest BCUT2D eigenvalue weighted by Crippen LogP contribution is 2.21. The molecule has 1 atom stereocenters. The Morgan fingerprint density at radius 2 is 1.89 bits per heavy atom. The molecule has 0 bridgehead atoms. The van der Waals surface area contributed by atoms with Crippen LogP contribution < -0.4 is 5.73 Å². The second-order valence-electron chi connectivity index (χ2n) is 6.60. The van der Waals surface area contributed by atoms with Crippen LogP contribution in [0.1, 0.15) is 46.5 Å². The summed E-state index contributed by atoms with van der Waals surface area (Å²) in [6, 6.07) is 0. The van der Waals surface area contributed by atoms with Gasteiger partial charge in [0.05, 0.1) is 0 Å². The predicted molar refractivity (Wildman–Crippen MR) is 79.8 cm³/mol. The van der Waals surface area contributed by atoms with Crippen molar-refractivity contribution in [2.75, 3.05) is 39.8 Å². The van der Waals surface area contributed by atoms with Crippen molar-refractivity contribution < 1.29 is 0 Å². The third kappa shape index (κ3) is 4.87. The van der Waals surface area contributed by atoms with Gasteiger partial charge in [-0.25, -0.2) is 0 Å². The quantitative estimate of drug-likeness (QED) is 0.721. The molecule has 0 aromatic heterocycles. The average Bonchev–Trinajstić information content (AvgIpc) is 2.86. The molecule has 18 heavy (non-hydrogen) atoms. The molecule has 1 unspecified atom stereocenters. The number of likely N-dealkylation sites (N-methyl/N-ethyl adjacent to an activating group) is 1. The zero-order valence-corrected chi connectivity index (χ0v) is 12.9. The Morgan fingerprint density at radius 3 is 2.39 bits per heavy atom. The molecular formula is C15H33N3. The van der Waals surface area contributed by atoms with Crippen molar-refractivity contribution in [1.29, 1.82) is 0 Å². The maximum Gasteiger partial charge on any atom is 0.0301 e. The monoisotopic (exact) mass is 255 g/mol. The maximum absolute atomic E-state index is 6.02. The van der Waals surface area contributed by atoms with Gasteiger partial charge in [-0.05, 0) is 58.7 Å². The molecule has 0 aliphatic carbocycles. The van der Waals surface area contributed by atoms with Gasteiger partial charge in [0.25, 0.3) is 0 Å². The summed E-state index contributed by atoms with van der Waals surface area (Å²) < 4.78 is 0. The molecule has 0 radical (unpaired) electrons. The smallest absolute Gasteiger partial charge is 0.0301 e. The Hall–Kier alpha value is -0.120. The predicted octanol–water partition coefficient (Wildman–Crippen LogP) is 2.17. The largest absolute Gasteiger partial charge is 0.329 e. The molecule has 0 spiro atoms. The van der Waals surface area contributed by atoms with E-state index in [1.54, 1.807) is 0 Å². The van der Waals surface area contributed by atoms with Crippen LogP contribution in [0, 0.1) is 5.92 Å². The molecule has 0 aromatic rings. The van der Waals surface area contributed by atoms with Gasteiger partial charge in [0.2, 0.25) is 0 Å². The highest BCUT2D eigenvalue weighted by Gasteiger charge is 2.27. The van der Waals surface area contributed by atoms with Crippen LogP contribution in [-0.2, 0) is 0 Å². The van der Waals surface area contributed by atoms with Gasteiger partial charge in [0, 0.05) is 25.2 Å². The molecule has 0 aromatic carbocycles. The molecule has 2 N–H and O–H groups in total. The van der Waals surface area contributed by atoms with Crippen LogP contribution in [0.25, 0.3) is 0 Å². The Balaban J connectivity index is 2.36. The third-order valence-corrected chi connectivity index (χ3v) is 4.57. The van der Waals surface area contributed by atoms with Gasteiger partial charge in [-0.1, -0.05) is 13.8 Å². The highest BCUT2D eigenvalue weighted by atomic mass is 15.2. The first-order valence-corrected chi connectivity index (χ1v) is 7.61. The van der Waals surface area contributed by atoms with Gasteiger partial charge in [0.15, 0.2) is 0 Å². The number of nitrogens with zero attached hydrogens (tertiary/aromatic N) is 2. The molecule has 1 rings (SSSR count). The Kier molecular flexibility index (Phi) is 6.61. The highest BCUT2D eigenvalue weighted by molar-refractivity contribution is 4.86. The summed E-state index contributed by atoms with van der Waals surface area (Å²) in [5, 5.41) is 0. The minimum Gasteiger partial charge on any atom is -0.329 e. The van der Waals surface area contributed by atoms with Crippen LogP contribution in [0.2, 0.25) is 0 Å². The second-order valence-corrected chi connectivity index (χ2v) is 6.60. The normalized spacial score (nSPS) is 20.8. The van der Waals surface area contributed by atoms with Crippen molar-refractivity contribution in [2.45, 2.75) is 52.0 Å². The number of hydrogen-bond acceptors (Lipinski definition) is 3. The van der Waals surface area contributed by atoms with E-state index in [4.69, 9.17) is 5.73 Å². The molecule has 0 amide bonds. The van der Waals surface area contributed by atoms with E-state index < -0.39 is 0 Å². The molecule has 1 aliphatic rings. The van der Waals surface area contributed by atoms with E-state index in [0.29, 0.717) is 0 Å². The molecule has 0 saturated carbocycles. The first kappa shape index (κ1) is 15.9. The molecule has 1 aliphatic heterocycles. The SMILES string of the molecule is CC(C)CCC(C)(CN)N(C)CCN1CCCC1. The van der Waals surface area contributed by atoms with E-state index in [0.717, 1.165) is 19.0 Å². The van der Waals surface area contributed by atoms with E-state index >= 15 is 0 Å². The standard InChI is InChI=1S/C15H33N3/c1-14(2)7-8-15(3,13-16)17(4)11-12-18-9-5-6-10-18/h14H,5-13,16H2,1-4H3. The second kappa shape index (κ2) is 7.46. The van der Waals surface area contributed by atoms with Crippen molar-refractivity contribution in [3.05, 3.63) is 0 Å². The summed E-state index contributed by atoms with van der Waals surface area (Å²) in [5.74, 6) is 0.767. The molecule has 3 nitrogen and oxygen atoms in total. The molecular weight excluding hydrogens is 222 g/mol. The van der Waals surface area contributed by atoms with Crippen LogP contribution in [0.5, 0.6) is 0 Å². The number of hydrogen-bond donors (Lipinski definition) is 1. The lowest BCUT2D eigenvalue weighted by Gasteiger charge is -2.39. The van der Waals surface area contributed by atoms with Gasteiger partial charge >= 0.3 is 0 Å². The van der Waals surface area contributed by atoms with Crippen molar-refractivity contribution >= 4 is 0 Å². The van der Waals surface area contributed by atoms with Crippen molar-refractivity contribution in [1.82, 2.24) is 9.80 Å². The minimum atomic E-state index is 0.171. The number of rotatable bonds is 8. The van der Waals surface area contributed by atoms with E-state index in [2.05, 4.69) is 37.6 Å². The summed E-state index contributed by atoms with van der Waals surface area (Å²) in [6.07, 6.45) is 5.23. The van der Waals surface area contributed by atoms with E-state index in [1.807, 2.05) is 0 Å². The van der Waals surface area contributed by atoms with Crippen LogP contribution >= 0.6 is 0 Å². The van der Waals surface area contributed by atoms with E-state index in [-0.39, 0.29) is 5.54 Å². The van der Waals surface area contributed by atoms with Gasteiger partial charge < -0.3 is 10.6 Å². The summed E-state index contributed by atoms with van der Waals surface area (Å²) in [4.78, 5) is 5.06. The lowest BCUT2D eigenvalue weighted by atomic mass is 9.90. The minimum absolute atomic E-state index is 0.171. The first-order chi connectivity index (χ1) is 8.48. The van der Waals surface area contributed by atoms with Gasteiger partial charge in [-0.3, -0.25) is 4.90 Å². The van der Waals surface area contributed by atoms with E-state index in [9.17, 15) is 0 Å². The Morgan fingerprint density at radius 1 is 1.28 bits per heavy atom. The number of likely N-dealkylation sites (tertiary alicyclic amines) is 1. The Bertz CT molecular complexity index is 224. The zero-order valence-electron chi connectivity index (χ0n) is 12.9. The van der Waals surface area contributed by atoms with Gasteiger partial charge in [-0.15, -0.1) is 0 Å². The van der Waals surface area contributed by atoms with Crippen LogP contribution in [0.15, 0.2) is 0 Å². The van der Waals surface area contributed by atoms with Crippen LogP contribution in [0.4, 0.5) is 0 Å². The first-order valence-electron chi connectivity index (χ1n) is 7.61. The fourth-order valence-electron chi connectivity index (χ4n) is 2.62. The van der Waals surface area contributed by atoms with Crippen molar-refractivity contribution in [3.8, 4) is 0 Å². The van der Waals surface area contributed by atoms with Crippen molar-refractivity contribution in [3.63, 3.8) is 0 Å². The van der Waals surface area contributed by atoms with Crippen molar-refractivity contribution in [2.24, 2.45) is 11.7 Å². The molecule has 1 fully saturated rings. The molecule has 108 valence electrons. The number of nitrogens with two attached hydrogens (primary N) is 1. The third-order valence-electron chi connectivity index (χ3n) is 4.57. The lowest BCUT2D eigenvalue weighted by molar-refractivity contribution is 0.113. The van der Waals surface area contributed by atoms with Crippen LogP contribution in [0.3, 0.4) is 0 Å². The van der Waals surface area contributed by atoms with Gasteiger partial charge in [-0.2, -0.15) is 0 Å². The molecule has 3 heteroatoms. The summed E-state index contributed by atoms with van der Waals surface area (Å²) in [7, 11) is 2.24. The summed E-state index contributed by atoms with van der Waals surface area (Å²) >= 11 is 0. The lowest BCUT2D eigenvalue weighted by Crippen LogP contribution is -2.51. The fourth-order valence-corrected chi connectivity index (χ4v) is 2.62. The maximum atomic E-state index is 6.02. The Labute approximate surface area is 114 Å². The fraction of sp³-hybridized carbons (Fsp3) is 1.00. The summed E-state index contributed by atoms with van der Waals surface area (Å²) in [6.45, 7) is 12.6. The summed E-state index contributed by atoms with van der Waals surface area (Å²) in [5.41, 5.74) is 6.19. The average molecular weight is 255 g/mol.